The first-order valence-electron chi connectivity index (χ1n) is 14.9. The van der Waals surface area contributed by atoms with Gasteiger partial charge in [0.15, 0.2) is 4.80 Å². The summed E-state index contributed by atoms with van der Waals surface area (Å²) in [5.41, 5.74) is 8.15. The van der Waals surface area contributed by atoms with E-state index in [-0.39, 0.29) is 12.2 Å². The van der Waals surface area contributed by atoms with E-state index in [9.17, 15) is 9.59 Å². The van der Waals surface area contributed by atoms with Crippen LogP contribution >= 0.6 is 11.3 Å². The van der Waals surface area contributed by atoms with Gasteiger partial charge in [-0.1, -0.05) is 72.0 Å². The number of carbonyl (C=O) groups excluding carboxylic acids is 1. The van der Waals surface area contributed by atoms with E-state index in [0.29, 0.717) is 26.4 Å². The van der Waals surface area contributed by atoms with Crippen molar-refractivity contribution in [1.29, 1.82) is 0 Å². The van der Waals surface area contributed by atoms with E-state index in [4.69, 9.17) is 19.6 Å². The predicted octanol–water partition coefficient (Wildman–Crippen LogP) is 5.75. The van der Waals surface area contributed by atoms with Crippen molar-refractivity contribution < 1.29 is 14.3 Å². The van der Waals surface area contributed by atoms with Gasteiger partial charge in [0.2, 0.25) is 0 Å². The summed E-state index contributed by atoms with van der Waals surface area (Å²) >= 11 is 1.28. The van der Waals surface area contributed by atoms with Gasteiger partial charge in [-0.25, -0.2) is 14.5 Å². The highest BCUT2D eigenvalue weighted by atomic mass is 32.1. The average molecular weight is 631 g/mol. The van der Waals surface area contributed by atoms with E-state index in [0.717, 1.165) is 39.2 Å². The number of nitrogens with zero attached hydrogens (tertiary/aromatic N) is 4. The Hall–Kier alpha value is -5.28. The summed E-state index contributed by atoms with van der Waals surface area (Å²) in [6.07, 6.45) is 5.34. The summed E-state index contributed by atoms with van der Waals surface area (Å²) in [5.74, 6) is 0.116. The Labute approximate surface area is 270 Å². The molecule has 0 fully saturated rings. The van der Waals surface area contributed by atoms with Crippen molar-refractivity contribution in [3.05, 3.63) is 144 Å². The molecule has 1 atom stereocenters. The second kappa shape index (κ2) is 12.6. The number of hydrogen-bond donors (Lipinski definition) is 0. The Bertz CT molecular complexity index is 2170. The summed E-state index contributed by atoms with van der Waals surface area (Å²) in [4.78, 5) is 33.0. The molecule has 3 heterocycles. The number of hydrogen-bond acceptors (Lipinski definition) is 7. The van der Waals surface area contributed by atoms with Gasteiger partial charge >= 0.3 is 5.97 Å². The number of benzene rings is 3. The fourth-order valence-corrected chi connectivity index (χ4v) is 7.03. The molecule has 1 aliphatic heterocycles. The Balaban J connectivity index is 1.57. The van der Waals surface area contributed by atoms with Gasteiger partial charge < -0.3 is 9.47 Å². The van der Waals surface area contributed by atoms with Crippen molar-refractivity contribution in [3.63, 3.8) is 0 Å². The summed E-state index contributed by atoms with van der Waals surface area (Å²) in [6, 6.07) is 20.8. The molecule has 0 spiro atoms. The lowest BCUT2D eigenvalue weighted by Gasteiger charge is -2.24. The fraction of sp³-hybridized carbons (Fsp3) is 0.189. The maximum Gasteiger partial charge on any atom is 0.338 e. The van der Waals surface area contributed by atoms with Crippen LogP contribution < -0.4 is 19.6 Å². The molecule has 3 aromatic carbocycles. The molecule has 0 amide bonds. The number of methoxy groups -OCH3 is 1. The molecule has 5 aromatic rings. The zero-order chi connectivity index (χ0) is 32.5. The molecule has 6 rings (SSSR count). The summed E-state index contributed by atoms with van der Waals surface area (Å²) in [7, 11) is 1.59. The van der Waals surface area contributed by atoms with E-state index >= 15 is 0 Å². The maximum absolute atomic E-state index is 14.4. The van der Waals surface area contributed by atoms with Gasteiger partial charge in [0.1, 0.15) is 18.1 Å². The van der Waals surface area contributed by atoms with Crippen LogP contribution in [0.3, 0.4) is 0 Å². The molecule has 0 bridgehead atoms. The largest absolute Gasteiger partial charge is 0.497 e. The van der Waals surface area contributed by atoms with E-state index in [1.807, 2.05) is 71.6 Å². The number of fused-ring (bicyclic) bond motifs is 1. The molecule has 0 N–H and O–H groups in total. The van der Waals surface area contributed by atoms with Crippen molar-refractivity contribution in [1.82, 2.24) is 14.3 Å². The number of rotatable bonds is 8. The minimum absolute atomic E-state index is 0.0430. The first-order chi connectivity index (χ1) is 22.2. The fourth-order valence-electron chi connectivity index (χ4n) is 5.99. The zero-order valence-corrected chi connectivity index (χ0v) is 27.2. The Morgan fingerprint density at radius 2 is 1.72 bits per heavy atom. The molecule has 9 heteroatoms. The third-order valence-corrected chi connectivity index (χ3v) is 8.95. The average Bonchev–Trinajstić information content (AvgIpc) is 3.59. The monoisotopic (exact) mass is 630 g/mol. The van der Waals surface area contributed by atoms with Crippen molar-refractivity contribution in [2.24, 2.45) is 4.99 Å². The second-order valence-electron chi connectivity index (χ2n) is 11.2. The molecule has 0 saturated heterocycles. The molecule has 1 unspecified atom stereocenters. The van der Waals surface area contributed by atoms with E-state index in [1.54, 1.807) is 18.6 Å². The third kappa shape index (κ3) is 5.65. The summed E-state index contributed by atoms with van der Waals surface area (Å²) < 4.78 is 14.7. The number of thiazole rings is 1. The first kappa shape index (κ1) is 30.7. The Kier molecular flexibility index (Phi) is 8.42. The molecule has 8 nitrogen and oxygen atoms in total. The van der Waals surface area contributed by atoms with Gasteiger partial charge in [0, 0.05) is 17.3 Å². The molecular weight excluding hydrogens is 596 g/mol. The smallest absolute Gasteiger partial charge is 0.338 e. The van der Waals surface area contributed by atoms with Gasteiger partial charge in [-0.15, -0.1) is 0 Å². The SMILES string of the molecule is C=CCOC(=O)C1=C(C)N=c2s/c(=C\c3cn(-c4ccccc4)nc3-c3c(C)cc(C)cc3C)c(=O)n2C1c1ccc(OC)cc1. The second-order valence-corrected chi connectivity index (χ2v) is 12.2. The van der Waals surface area contributed by atoms with E-state index in [1.165, 1.54) is 23.0 Å². The minimum atomic E-state index is -0.741. The number of para-hydroxylation sites is 1. The van der Waals surface area contributed by atoms with Crippen molar-refractivity contribution in [2.75, 3.05) is 13.7 Å². The lowest BCUT2D eigenvalue weighted by molar-refractivity contribution is -0.138. The van der Waals surface area contributed by atoms with Crippen LogP contribution in [0.1, 0.15) is 40.8 Å². The lowest BCUT2D eigenvalue weighted by Crippen LogP contribution is -2.39. The van der Waals surface area contributed by atoms with Gasteiger partial charge in [-0.3, -0.25) is 9.36 Å². The summed E-state index contributed by atoms with van der Waals surface area (Å²) in [5, 5.41) is 5.03. The molecule has 232 valence electrons. The number of aromatic nitrogens is 3. The molecule has 0 aliphatic carbocycles. The molecule has 0 radical (unpaired) electrons. The summed E-state index contributed by atoms with van der Waals surface area (Å²) in [6.45, 7) is 11.7. The van der Waals surface area contributed by atoms with E-state index in [2.05, 4.69) is 39.5 Å². The maximum atomic E-state index is 14.4. The number of allylic oxidation sites excluding steroid dienone is 1. The van der Waals surface area contributed by atoms with E-state index < -0.39 is 12.0 Å². The number of carbonyl (C=O) groups is 1. The number of esters is 1. The molecule has 46 heavy (non-hydrogen) atoms. The highest BCUT2D eigenvalue weighted by molar-refractivity contribution is 7.07. The normalized spacial score (nSPS) is 14.5. The highest BCUT2D eigenvalue weighted by Crippen LogP contribution is 2.33. The van der Waals surface area contributed by atoms with Crippen LogP contribution in [0.4, 0.5) is 0 Å². The highest BCUT2D eigenvalue weighted by Gasteiger charge is 2.33. The molecular formula is C37H34N4O4S. The van der Waals surface area contributed by atoms with Crippen LogP contribution in [0.2, 0.25) is 0 Å². The third-order valence-electron chi connectivity index (χ3n) is 7.97. The lowest BCUT2D eigenvalue weighted by atomic mass is 9.95. The Morgan fingerprint density at radius 3 is 2.37 bits per heavy atom. The Morgan fingerprint density at radius 1 is 1.02 bits per heavy atom. The van der Waals surface area contributed by atoms with Gasteiger partial charge in [0.05, 0.1) is 34.6 Å². The van der Waals surface area contributed by atoms with Crippen molar-refractivity contribution in [3.8, 4) is 22.7 Å². The van der Waals surface area contributed by atoms with Crippen LogP contribution in [0.5, 0.6) is 5.75 Å². The minimum Gasteiger partial charge on any atom is -0.497 e. The van der Waals surface area contributed by atoms with Gasteiger partial charge in [-0.05, 0) is 74.7 Å². The standard InChI is InChI=1S/C37H34N4O4S/c1-7-17-45-36(43)32-25(5)38-37-41(34(32)26-13-15-29(44-6)16-14-26)35(42)30(46-37)20-27-21-40(28-11-9-8-10-12-28)39-33(27)31-23(3)18-22(2)19-24(31)4/h7-16,18-21,34H,1,17H2,2-6H3/b30-20-. The molecule has 2 aromatic heterocycles. The molecule has 0 saturated carbocycles. The first-order valence-corrected chi connectivity index (χ1v) is 15.7. The van der Waals surface area contributed by atoms with Crippen molar-refractivity contribution in [2.45, 2.75) is 33.7 Å². The van der Waals surface area contributed by atoms with Crippen LogP contribution in [-0.2, 0) is 9.53 Å². The topological polar surface area (TPSA) is 87.7 Å². The number of aryl methyl sites for hydroxylation is 3. The van der Waals surface area contributed by atoms with Gasteiger partial charge in [0.25, 0.3) is 5.56 Å². The van der Waals surface area contributed by atoms with Crippen LogP contribution in [0.15, 0.2) is 107 Å². The zero-order valence-electron chi connectivity index (χ0n) is 26.4. The predicted molar refractivity (Wildman–Crippen MR) is 181 cm³/mol. The van der Waals surface area contributed by atoms with Crippen LogP contribution in [0, 0.1) is 20.8 Å². The van der Waals surface area contributed by atoms with Gasteiger partial charge in [-0.2, -0.15) is 5.10 Å². The van der Waals surface area contributed by atoms with Crippen molar-refractivity contribution >= 4 is 23.4 Å². The quantitative estimate of drug-likeness (QED) is 0.161. The van der Waals surface area contributed by atoms with Crippen LogP contribution in [0.25, 0.3) is 23.0 Å². The number of ether oxygens (including phenoxy) is 2. The van der Waals surface area contributed by atoms with Crippen LogP contribution in [-0.4, -0.2) is 34.0 Å². The molecule has 1 aliphatic rings.